The van der Waals surface area contributed by atoms with E-state index >= 15 is 0 Å². The Bertz CT molecular complexity index is 1050. The van der Waals surface area contributed by atoms with Crippen LogP contribution >= 0.6 is 47.8 Å². The molecule has 1 amide bonds. The highest BCUT2D eigenvalue weighted by Crippen LogP contribution is 2.32. The third-order valence-corrected chi connectivity index (χ3v) is 4.77. The van der Waals surface area contributed by atoms with E-state index in [-0.39, 0.29) is 11.5 Å². The van der Waals surface area contributed by atoms with Crippen LogP contribution in [0.1, 0.15) is 26.5 Å². The number of furan rings is 1. The average Bonchev–Trinajstić information content (AvgIpc) is 3.19. The summed E-state index contributed by atoms with van der Waals surface area (Å²) in [6.45, 7) is 0. The molecule has 1 N–H and O–H groups in total. The van der Waals surface area contributed by atoms with Crippen LogP contribution in [0.25, 0.3) is 0 Å². The van der Waals surface area contributed by atoms with E-state index in [1.165, 1.54) is 24.7 Å². The summed E-state index contributed by atoms with van der Waals surface area (Å²) in [6, 6.07) is 8.10. The Morgan fingerprint density at radius 3 is 2.68 bits per heavy atom. The Labute approximate surface area is 184 Å². The number of amides is 1. The Morgan fingerprint density at radius 1 is 1.14 bits per heavy atom. The zero-order valence-electron chi connectivity index (χ0n) is 13.9. The first-order valence-electron chi connectivity index (χ1n) is 7.62. The lowest BCUT2D eigenvalue weighted by atomic mass is 10.2. The predicted molar refractivity (Wildman–Crippen MR) is 113 cm³/mol. The van der Waals surface area contributed by atoms with Gasteiger partial charge in [0.1, 0.15) is 0 Å². The quantitative estimate of drug-likeness (QED) is 0.203. The fourth-order valence-electron chi connectivity index (χ4n) is 2.08. The van der Waals surface area contributed by atoms with E-state index in [2.05, 4.69) is 63.3 Å². The van der Waals surface area contributed by atoms with Crippen molar-refractivity contribution in [3.05, 3.63) is 79.3 Å². The van der Waals surface area contributed by atoms with Gasteiger partial charge in [-0.3, -0.25) is 9.78 Å². The summed E-state index contributed by atoms with van der Waals surface area (Å²) < 4.78 is 12.4. The van der Waals surface area contributed by atoms with E-state index in [4.69, 9.17) is 9.15 Å². The van der Waals surface area contributed by atoms with Gasteiger partial charge in [-0.1, -0.05) is 15.9 Å². The van der Waals surface area contributed by atoms with E-state index in [9.17, 15) is 9.59 Å². The maximum Gasteiger partial charge on any atom is 0.379 e. The van der Waals surface area contributed by atoms with E-state index in [1.54, 1.807) is 30.5 Å². The van der Waals surface area contributed by atoms with Gasteiger partial charge in [0.25, 0.3) is 5.91 Å². The first-order valence-corrected chi connectivity index (χ1v) is 10.0. The monoisotopic (exact) mass is 569 g/mol. The first kappa shape index (κ1) is 20.4. The topological polar surface area (TPSA) is 93.8 Å². The van der Waals surface area contributed by atoms with Gasteiger partial charge in [0.05, 0.1) is 22.5 Å². The second-order valence-corrected chi connectivity index (χ2v) is 7.95. The number of carbonyl (C=O) groups excluding carboxylic acids is 2. The molecule has 2 aromatic heterocycles. The Morgan fingerprint density at radius 2 is 1.96 bits per heavy atom. The number of nitrogens with zero attached hydrogens (tertiary/aromatic N) is 2. The Kier molecular flexibility index (Phi) is 6.76. The van der Waals surface area contributed by atoms with Gasteiger partial charge in [-0.15, -0.1) is 0 Å². The van der Waals surface area contributed by atoms with Crippen molar-refractivity contribution in [3.8, 4) is 5.75 Å². The number of hydrogen-bond acceptors (Lipinski definition) is 6. The van der Waals surface area contributed by atoms with Crippen LogP contribution in [0.5, 0.6) is 5.75 Å². The van der Waals surface area contributed by atoms with E-state index in [0.29, 0.717) is 20.1 Å². The number of halogens is 3. The smallest absolute Gasteiger partial charge is 0.379 e. The van der Waals surface area contributed by atoms with Crippen LogP contribution in [0.3, 0.4) is 0 Å². The number of rotatable bonds is 5. The molecule has 3 aromatic rings. The van der Waals surface area contributed by atoms with Gasteiger partial charge < -0.3 is 9.15 Å². The van der Waals surface area contributed by atoms with Gasteiger partial charge >= 0.3 is 5.97 Å². The van der Waals surface area contributed by atoms with Crippen LogP contribution in [-0.4, -0.2) is 23.1 Å². The van der Waals surface area contributed by atoms with Crippen molar-refractivity contribution in [1.82, 2.24) is 10.4 Å². The zero-order chi connectivity index (χ0) is 20.1. The normalized spacial score (nSPS) is 10.8. The molecule has 0 spiro atoms. The number of carbonyl (C=O) groups is 2. The molecule has 1 aromatic carbocycles. The van der Waals surface area contributed by atoms with Crippen LogP contribution in [-0.2, 0) is 0 Å². The van der Waals surface area contributed by atoms with Crippen molar-refractivity contribution in [3.63, 3.8) is 0 Å². The summed E-state index contributed by atoms with van der Waals surface area (Å²) in [4.78, 5) is 28.3. The minimum Gasteiger partial charge on any atom is -0.457 e. The highest BCUT2D eigenvalue weighted by molar-refractivity contribution is 9.11. The first-order chi connectivity index (χ1) is 13.4. The molecule has 28 heavy (non-hydrogen) atoms. The fraction of sp³-hybridized carbons (Fsp3) is 0. The molecule has 0 aliphatic carbocycles. The van der Waals surface area contributed by atoms with Crippen molar-refractivity contribution >= 4 is 65.9 Å². The summed E-state index contributed by atoms with van der Waals surface area (Å²) in [5, 5.41) is 3.94. The molecule has 0 atom stereocenters. The van der Waals surface area contributed by atoms with Crippen molar-refractivity contribution < 1.29 is 18.7 Å². The summed E-state index contributed by atoms with van der Waals surface area (Å²) >= 11 is 9.97. The molecule has 2 heterocycles. The number of hydrogen-bond donors (Lipinski definition) is 1. The maximum atomic E-state index is 12.2. The summed E-state index contributed by atoms with van der Waals surface area (Å²) in [5.41, 5.74) is 3.19. The van der Waals surface area contributed by atoms with Gasteiger partial charge in [-0.25, -0.2) is 10.2 Å². The van der Waals surface area contributed by atoms with Crippen molar-refractivity contribution in [2.24, 2.45) is 5.10 Å². The maximum absolute atomic E-state index is 12.2. The van der Waals surface area contributed by atoms with Crippen molar-refractivity contribution in [1.29, 1.82) is 0 Å². The molecular formula is C18H10Br3N3O4. The van der Waals surface area contributed by atoms with Gasteiger partial charge in [0, 0.05) is 26.9 Å². The standard InChI is InChI=1S/C18H10Br3N3O4/c19-12-4-10(8-23-24-17(25)11-5-13(20)9-22-7-11)16(14(21)6-12)28-18(26)15-2-1-3-27-15/h1-9H,(H,24,25)/b23-8-. The van der Waals surface area contributed by atoms with Gasteiger partial charge in [0.2, 0.25) is 5.76 Å². The van der Waals surface area contributed by atoms with Crippen LogP contribution in [0.15, 0.2) is 71.9 Å². The molecule has 3 rings (SSSR count). The minimum absolute atomic E-state index is 0.0631. The molecular weight excluding hydrogens is 562 g/mol. The number of ether oxygens (including phenoxy) is 1. The van der Waals surface area contributed by atoms with Crippen LogP contribution in [0.2, 0.25) is 0 Å². The zero-order valence-corrected chi connectivity index (χ0v) is 18.6. The number of hydrazone groups is 1. The number of aromatic nitrogens is 1. The van der Waals surface area contributed by atoms with Crippen molar-refractivity contribution in [2.45, 2.75) is 0 Å². The number of benzene rings is 1. The summed E-state index contributed by atoms with van der Waals surface area (Å²) in [7, 11) is 0. The number of nitrogens with one attached hydrogen (secondary N) is 1. The highest BCUT2D eigenvalue weighted by atomic mass is 79.9. The summed E-state index contributed by atoms with van der Waals surface area (Å²) in [6.07, 6.45) is 5.73. The second-order valence-electron chi connectivity index (χ2n) is 5.26. The molecule has 142 valence electrons. The van der Waals surface area contributed by atoms with Gasteiger partial charge in [-0.2, -0.15) is 5.10 Å². The molecule has 0 bridgehead atoms. The predicted octanol–water partition coefficient (Wildman–Crippen LogP) is 4.95. The molecule has 0 saturated carbocycles. The lowest BCUT2D eigenvalue weighted by Gasteiger charge is -2.09. The molecule has 0 fully saturated rings. The van der Waals surface area contributed by atoms with Crippen molar-refractivity contribution in [2.75, 3.05) is 0 Å². The number of pyridine rings is 1. The molecule has 0 aliphatic rings. The molecule has 7 nitrogen and oxygen atoms in total. The fourth-order valence-corrected chi connectivity index (χ4v) is 3.79. The third-order valence-electron chi connectivity index (χ3n) is 3.29. The molecule has 0 unspecified atom stereocenters. The molecule has 0 radical (unpaired) electrons. The highest BCUT2D eigenvalue weighted by Gasteiger charge is 2.17. The van der Waals surface area contributed by atoms with Crippen LogP contribution in [0, 0.1) is 0 Å². The molecule has 0 saturated heterocycles. The van der Waals surface area contributed by atoms with E-state index < -0.39 is 11.9 Å². The van der Waals surface area contributed by atoms with E-state index in [1.807, 2.05) is 0 Å². The lowest BCUT2D eigenvalue weighted by Crippen LogP contribution is -2.18. The lowest BCUT2D eigenvalue weighted by molar-refractivity contribution is 0.0699. The number of esters is 1. The summed E-state index contributed by atoms with van der Waals surface area (Å²) in [5.74, 6) is -0.806. The van der Waals surface area contributed by atoms with Gasteiger partial charge in [-0.05, 0) is 62.2 Å². The largest absolute Gasteiger partial charge is 0.457 e. The molecule has 10 heteroatoms. The van der Waals surface area contributed by atoms with Gasteiger partial charge in [0.15, 0.2) is 5.75 Å². The second kappa shape index (κ2) is 9.26. The third kappa shape index (κ3) is 5.15. The van der Waals surface area contributed by atoms with Crippen LogP contribution in [0.4, 0.5) is 0 Å². The Balaban J connectivity index is 1.79. The van der Waals surface area contributed by atoms with Crippen LogP contribution < -0.4 is 10.2 Å². The Hall–Kier alpha value is -2.30. The SMILES string of the molecule is O=C(N/N=C\c1cc(Br)cc(Br)c1OC(=O)c1ccco1)c1cncc(Br)c1. The average molecular weight is 572 g/mol. The van der Waals surface area contributed by atoms with E-state index in [0.717, 1.165) is 4.47 Å². The molecule has 0 aliphatic heterocycles. The minimum atomic E-state index is -0.660.